The Bertz CT molecular complexity index is 748. The molecule has 0 aliphatic rings. The van der Waals surface area contributed by atoms with Gasteiger partial charge in [0.05, 0.1) is 6.20 Å². The van der Waals surface area contributed by atoms with Crippen LogP contribution in [0, 0.1) is 3.57 Å². The summed E-state index contributed by atoms with van der Waals surface area (Å²) in [4.78, 5) is 12.2. The number of benzene rings is 2. The minimum atomic E-state index is 0.0640. The van der Waals surface area contributed by atoms with Gasteiger partial charge in [-0.15, -0.1) is 0 Å². The van der Waals surface area contributed by atoms with Gasteiger partial charge in [0.2, 0.25) is 0 Å². The molecule has 0 aliphatic carbocycles. The van der Waals surface area contributed by atoms with E-state index in [1.807, 2.05) is 60.8 Å². The third-order valence-electron chi connectivity index (χ3n) is 3.21. The van der Waals surface area contributed by atoms with E-state index in [4.69, 9.17) is 0 Å². The molecular formula is C17H13IN2O. The summed E-state index contributed by atoms with van der Waals surface area (Å²) >= 11 is 2.22. The molecule has 0 unspecified atom stereocenters. The van der Waals surface area contributed by atoms with Crippen molar-refractivity contribution in [3.05, 3.63) is 76.1 Å². The van der Waals surface area contributed by atoms with Gasteiger partial charge < -0.3 is 0 Å². The van der Waals surface area contributed by atoms with Crippen molar-refractivity contribution in [1.29, 1.82) is 0 Å². The van der Waals surface area contributed by atoms with Gasteiger partial charge in [-0.1, -0.05) is 42.5 Å². The first kappa shape index (κ1) is 14.0. The first-order chi connectivity index (χ1) is 10.2. The maximum Gasteiger partial charge on any atom is 0.184 e. The third-order valence-corrected chi connectivity index (χ3v) is 3.93. The molecule has 1 aromatic heterocycles. The van der Waals surface area contributed by atoms with Crippen LogP contribution in [0.4, 0.5) is 0 Å². The van der Waals surface area contributed by atoms with E-state index in [2.05, 4.69) is 27.7 Å². The summed E-state index contributed by atoms with van der Waals surface area (Å²) in [5.74, 6) is 0.0640. The van der Waals surface area contributed by atoms with Crippen molar-refractivity contribution in [3.63, 3.8) is 0 Å². The standard InChI is InChI=1S/C17H13IN2O/c18-16-8-6-14(7-9-16)17(21)12-20-11-15(10-19-20)13-4-2-1-3-5-13/h1-11H,12H2. The van der Waals surface area contributed by atoms with Crippen LogP contribution in [0.15, 0.2) is 67.0 Å². The van der Waals surface area contributed by atoms with Crippen molar-refractivity contribution in [1.82, 2.24) is 9.78 Å². The average Bonchev–Trinajstić information content (AvgIpc) is 2.97. The first-order valence-corrected chi connectivity index (χ1v) is 7.67. The molecule has 0 aliphatic heterocycles. The lowest BCUT2D eigenvalue weighted by Gasteiger charge is -2.02. The van der Waals surface area contributed by atoms with Crippen LogP contribution >= 0.6 is 22.6 Å². The molecule has 0 fully saturated rings. The van der Waals surface area contributed by atoms with Gasteiger partial charge in [-0.05, 0) is 40.3 Å². The molecule has 0 N–H and O–H groups in total. The van der Waals surface area contributed by atoms with Gasteiger partial charge in [-0.2, -0.15) is 5.10 Å². The van der Waals surface area contributed by atoms with Gasteiger partial charge in [-0.3, -0.25) is 9.48 Å². The Kier molecular flexibility index (Phi) is 4.15. The molecule has 0 bridgehead atoms. The molecule has 21 heavy (non-hydrogen) atoms. The third kappa shape index (κ3) is 3.39. The minimum absolute atomic E-state index is 0.0640. The lowest BCUT2D eigenvalue weighted by Crippen LogP contribution is -2.10. The zero-order valence-corrected chi connectivity index (χ0v) is 13.4. The molecule has 0 radical (unpaired) electrons. The zero-order valence-electron chi connectivity index (χ0n) is 11.2. The predicted octanol–water partition coefficient (Wildman–Crippen LogP) is 4.04. The summed E-state index contributed by atoms with van der Waals surface area (Å²) in [6.07, 6.45) is 3.69. The number of ketones is 1. The normalized spacial score (nSPS) is 10.5. The van der Waals surface area contributed by atoms with E-state index in [-0.39, 0.29) is 12.3 Å². The number of Topliss-reactive ketones (excluding diaryl/α,β-unsaturated/α-hetero) is 1. The smallest absolute Gasteiger partial charge is 0.184 e. The molecular weight excluding hydrogens is 375 g/mol. The van der Waals surface area contributed by atoms with E-state index in [1.165, 1.54) is 0 Å². The Morgan fingerprint density at radius 3 is 2.43 bits per heavy atom. The van der Waals surface area contributed by atoms with Crippen molar-refractivity contribution >= 4 is 28.4 Å². The van der Waals surface area contributed by atoms with Gasteiger partial charge in [0.25, 0.3) is 0 Å². The SMILES string of the molecule is O=C(Cn1cc(-c2ccccc2)cn1)c1ccc(I)cc1. The maximum absolute atomic E-state index is 12.2. The van der Waals surface area contributed by atoms with Crippen molar-refractivity contribution in [2.45, 2.75) is 6.54 Å². The molecule has 0 amide bonds. The summed E-state index contributed by atoms with van der Waals surface area (Å²) in [6, 6.07) is 17.6. The van der Waals surface area contributed by atoms with Crippen LogP contribution < -0.4 is 0 Å². The number of rotatable bonds is 4. The molecule has 0 saturated carbocycles. The summed E-state index contributed by atoms with van der Waals surface area (Å²) in [6.45, 7) is 0.257. The van der Waals surface area contributed by atoms with Gasteiger partial charge >= 0.3 is 0 Å². The van der Waals surface area contributed by atoms with Crippen LogP contribution in [0.1, 0.15) is 10.4 Å². The van der Waals surface area contributed by atoms with Gasteiger partial charge in [-0.25, -0.2) is 0 Å². The fourth-order valence-corrected chi connectivity index (χ4v) is 2.46. The fourth-order valence-electron chi connectivity index (χ4n) is 2.10. The highest BCUT2D eigenvalue weighted by molar-refractivity contribution is 14.1. The largest absolute Gasteiger partial charge is 0.292 e. The van der Waals surface area contributed by atoms with Crippen LogP contribution in [0.2, 0.25) is 0 Å². The lowest BCUT2D eigenvalue weighted by molar-refractivity contribution is 0.0967. The van der Waals surface area contributed by atoms with Crippen molar-refractivity contribution in [2.24, 2.45) is 0 Å². The average molecular weight is 388 g/mol. The van der Waals surface area contributed by atoms with Crippen LogP contribution in [0.25, 0.3) is 11.1 Å². The summed E-state index contributed by atoms with van der Waals surface area (Å²) < 4.78 is 2.80. The maximum atomic E-state index is 12.2. The molecule has 3 rings (SSSR count). The summed E-state index contributed by atoms with van der Waals surface area (Å²) in [5.41, 5.74) is 2.84. The summed E-state index contributed by atoms with van der Waals surface area (Å²) in [7, 11) is 0. The molecule has 4 heteroatoms. The number of aromatic nitrogens is 2. The summed E-state index contributed by atoms with van der Waals surface area (Å²) in [5, 5.41) is 4.27. The van der Waals surface area contributed by atoms with Crippen LogP contribution in [0.3, 0.4) is 0 Å². The van der Waals surface area contributed by atoms with Crippen molar-refractivity contribution in [3.8, 4) is 11.1 Å². The molecule has 0 saturated heterocycles. The Morgan fingerprint density at radius 2 is 1.71 bits per heavy atom. The predicted molar refractivity (Wildman–Crippen MR) is 91.2 cm³/mol. The quantitative estimate of drug-likeness (QED) is 0.500. The molecule has 3 nitrogen and oxygen atoms in total. The number of halogens is 1. The second-order valence-corrected chi connectivity index (χ2v) is 5.97. The Hall–Kier alpha value is -1.95. The van der Waals surface area contributed by atoms with Crippen molar-refractivity contribution < 1.29 is 4.79 Å². The van der Waals surface area contributed by atoms with Gasteiger partial charge in [0, 0.05) is 20.9 Å². The van der Waals surface area contributed by atoms with E-state index in [0.717, 1.165) is 14.7 Å². The molecule has 2 aromatic carbocycles. The number of carbonyl (C=O) groups excluding carboxylic acids is 1. The van der Waals surface area contributed by atoms with Crippen molar-refractivity contribution in [2.75, 3.05) is 0 Å². The number of carbonyl (C=O) groups is 1. The monoisotopic (exact) mass is 388 g/mol. The lowest BCUT2D eigenvalue weighted by atomic mass is 10.1. The Labute approximate surface area is 136 Å². The number of hydrogen-bond acceptors (Lipinski definition) is 2. The van der Waals surface area contributed by atoms with Crippen LogP contribution in [-0.2, 0) is 6.54 Å². The second kappa shape index (κ2) is 6.22. The Morgan fingerprint density at radius 1 is 1.00 bits per heavy atom. The minimum Gasteiger partial charge on any atom is -0.292 e. The highest BCUT2D eigenvalue weighted by Crippen LogP contribution is 2.17. The van der Waals surface area contributed by atoms with Gasteiger partial charge in [0.15, 0.2) is 5.78 Å². The van der Waals surface area contributed by atoms with E-state index >= 15 is 0 Å². The van der Waals surface area contributed by atoms with E-state index in [0.29, 0.717) is 5.56 Å². The fraction of sp³-hybridized carbons (Fsp3) is 0.0588. The molecule has 104 valence electrons. The topological polar surface area (TPSA) is 34.9 Å². The number of nitrogens with zero attached hydrogens (tertiary/aromatic N) is 2. The molecule has 3 aromatic rings. The molecule has 1 heterocycles. The first-order valence-electron chi connectivity index (χ1n) is 6.59. The highest BCUT2D eigenvalue weighted by atomic mass is 127. The molecule has 0 spiro atoms. The van der Waals surface area contributed by atoms with Gasteiger partial charge in [0.1, 0.15) is 6.54 Å². The Balaban J connectivity index is 1.75. The van der Waals surface area contributed by atoms with Crippen LogP contribution in [-0.4, -0.2) is 15.6 Å². The van der Waals surface area contributed by atoms with E-state index < -0.39 is 0 Å². The van der Waals surface area contributed by atoms with E-state index in [9.17, 15) is 4.79 Å². The highest BCUT2D eigenvalue weighted by Gasteiger charge is 2.08. The van der Waals surface area contributed by atoms with E-state index in [1.54, 1.807) is 10.9 Å². The zero-order chi connectivity index (χ0) is 14.7. The number of hydrogen-bond donors (Lipinski definition) is 0. The van der Waals surface area contributed by atoms with Crippen LogP contribution in [0.5, 0.6) is 0 Å². The molecule has 0 atom stereocenters. The second-order valence-electron chi connectivity index (χ2n) is 4.72.